The summed E-state index contributed by atoms with van der Waals surface area (Å²) in [7, 11) is 1.27. The smallest absolute Gasteiger partial charge is 0.343 e. The van der Waals surface area contributed by atoms with Gasteiger partial charge in [-0.05, 0) is 12.1 Å². The molecule has 100 valence electrons. The van der Waals surface area contributed by atoms with Crippen LogP contribution in [0.1, 0.15) is 10.4 Å². The van der Waals surface area contributed by atoms with Gasteiger partial charge in [-0.25, -0.2) is 9.78 Å². The number of aromatic nitrogens is 5. The summed E-state index contributed by atoms with van der Waals surface area (Å²) in [5.74, 6) is 0.322. The molecule has 3 rings (SSSR count). The van der Waals surface area contributed by atoms with Crippen molar-refractivity contribution < 1.29 is 9.53 Å². The summed E-state index contributed by atoms with van der Waals surface area (Å²) >= 11 is 0. The molecule has 20 heavy (non-hydrogen) atoms. The molecule has 0 amide bonds. The molecule has 0 saturated carbocycles. The summed E-state index contributed by atoms with van der Waals surface area (Å²) in [5, 5.41) is 4.24. The van der Waals surface area contributed by atoms with Gasteiger partial charge in [0.05, 0.1) is 7.11 Å². The molecule has 2 N–H and O–H groups in total. The Bertz CT molecular complexity index is 783. The van der Waals surface area contributed by atoms with Crippen molar-refractivity contribution in [1.82, 2.24) is 24.6 Å². The fourth-order valence-corrected chi connectivity index (χ4v) is 1.74. The van der Waals surface area contributed by atoms with Crippen LogP contribution < -0.4 is 5.73 Å². The maximum atomic E-state index is 11.5. The summed E-state index contributed by atoms with van der Waals surface area (Å²) in [4.78, 5) is 23.8. The maximum absolute atomic E-state index is 11.5. The topological polar surface area (TPSA) is 108 Å². The Morgan fingerprint density at radius 3 is 2.80 bits per heavy atom. The van der Waals surface area contributed by atoms with Crippen molar-refractivity contribution in [1.29, 1.82) is 0 Å². The molecule has 3 aromatic rings. The number of ether oxygens (including phenoxy) is 1. The Balaban J connectivity index is 2.17. The Morgan fingerprint density at radius 1 is 1.35 bits per heavy atom. The monoisotopic (exact) mass is 270 g/mol. The SMILES string of the molecule is COC(=O)c1cnc2nc(-c3ccncc3)nn2c1N. The fourth-order valence-electron chi connectivity index (χ4n) is 1.74. The molecule has 0 radical (unpaired) electrons. The zero-order valence-corrected chi connectivity index (χ0v) is 10.5. The summed E-state index contributed by atoms with van der Waals surface area (Å²) in [6, 6.07) is 3.54. The summed E-state index contributed by atoms with van der Waals surface area (Å²) in [5.41, 5.74) is 6.82. The number of rotatable bonds is 2. The predicted octanol–water partition coefficient (Wildman–Crippen LogP) is 0.555. The number of nitrogens with zero attached hydrogens (tertiary/aromatic N) is 5. The van der Waals surface area contributed by atoms with E-state index in [1.165, 1.54) is 17.8 Å². The van der Waals surface area contributed by atoms with Crippen LogP contribution in [0, 0.1) is 0 Å². The zero-order valence-electron chi connectivity index (χ0n) is 10.5. The minimum absolute atomic E-state index is 0.134. The number of hydrogen-bond donors (Lipinski definition) is 1. The van der Waals surface area contributed by atoms with Gasteiger partial charge in [-0.2, -0.15) is 9.50 Å². The van der Waals surface area contributed by atoms with Crippen LogP contribution in [-0.2, 0) is 4.74 Å². The van der Waals surface area contributed by atoms with Crippen molar-refractivity contribution in [3.8, 4) is 11.4 Å². The minimum atomic E-state index is -0.571. The molecule has 0 fully saturated rings. The number of carbonyl (C=O) groups is 1. The lowest BCUT2D eigenvalue weighted by atomic mass is 10.3. The highest BCUT2D eigenvalue weighted by Crippen LogP contribution is 2.18. The van der Waals surface area contributed by atoms with Gasteiger partial charge in [0.1, 0.15) is 11.4 Å². The average molecular weight is 270 g/mol. The van der Waals surface area contributed by atoms with Gasteiger partial charge in [-0.1, -0.05) is 0 Å². The number of methoxy groups -OCH3 is 1. The molecule has 0 aliphatic heterocycles. The number of pyridine rings is 1. The van der Waals surface area contributed by atoms with Gasteiger partial charge in [0.25, 0.3) is 5.78 Å². The molecule has 0 aliphatic rings. The molecule has 0 atom stereocenters. The van der Waals surface area contributed by atoms with E-state index in [0.717, 1.165) is 5.56 Å². The third-order valence-corrected chi connectivity index (χ3v) is 2.75. The van der Waals surface area contributed by atoms with Gasteiger partial charge >= 0.3 is 5.97 Å². The Morgan fingerprint density at radius 2 is 2.10 bits per heavy atom. The summed E-state index contributed by atoms with van der Waals surface area (Å²) < 4.78 is 5.94. The summed E-state index contributed by atoms with van der Waals surface area (Å²) in [6.07, 6.45) is 4.59. The van der Waals surface area contributed by atoms with Crippen LogP contribution in [0.5, 0.6) is 0 Å². The molecule has 0 spiro atoms. The van der Waals surface area contributed by atoms with E-state index < -0.39 is 5.97 Å². The van der Waals surface area contributed by atoms with E-state index in [2.05, 4.69) is 24.8 Å². The van der Waals surface area contributed by atoms with Crippen molar-refractivity contribution in [2.45, 2.75) is 0 Å². The van der Waals surface area contributed by atoms with Gasteiger partial charge in [0, 0.05) is 24.2 Å². The van der Waals surface area contributed by atoms with E-state index >= 15 is 0 Å². The first-order valence-electron chi connectivity index (χ1n) is 5.70. The van der Waals surface area contributed by atoms with Crippen molar-refractivity contribution in [2.75, 3.05) is 12.8 Å². The minimum Gasteiger partial charge on any atom is -0.465 e. The van der Waals surface area contributed by atoms with E-state index in [-0.39, 0.29) is 11.4 Å². The molecule has 8 nitrogen and oxygen atoms in total. The standard InChI is InChI=1S/C12H10N6O2/c1-20-11(19)8-6-15-12-16-10(17-18(12)9(8)13)7-2-4-14-5-3-7/h2-6H,13H2,1H3. The Hall–Kier alpha value is -3.03. The van der Waals surface area contributed by atoms with Crippen LogP contribution in [0.25, 0.3) is 17.2 Å². The number of esters is 1. The fraction of sp³-hybridized carbons (Fsp3) is 0.0833. The third kappa shape index (κ3) is 1.83. The molecule has 0 saturated heterocycles. The summed E-state index contributed by atoms with van der Waals surface area (Å²) in [6.45, 7) is 0. The van der Waals surface area contributed by atoms with E-state index in [9.17, 15) is 4.79 Å². The van der Waals surface area contributed by atoms with Crippen molar-refractivity contribution in [2.24, 2.45) is 0 Å². The number of fused-ring (bicyclic) bond motifs is 1. The van der Waals surface area contributed by atoms with E-state index in [1.54, 1.807) is 24.5 Å². The van der Waals surface area contributed by atoms with Crippen LogP contribution in [0.3, 0.4) is 0 Å². The second-order valence-corrected chi connectivity index (χ2v) is 3.93. The molecular weight excluding hydrogens is 260 g/mol. The van der Waals surface area contributed by atoms with Crippen LogP contribution >= 0.6 is 0 Å². The zero-order chi connectivity index (χ0) is 14.1. The predicted molar refractivity (Wildman–Crippen MR) is 69.8 cm³/mol. The largest absolute Gasteiger partial charge is 0.465 e. The van der Waals surface area contributed by atoms with Crippen molar-refractivity contribution in [3.63, 3.8) is 0 Å². The molecule has 3 heterocycles. The molecule has 0 unspecified atom stereocenters. The van der Waals surface area contributed by atoms with E-state index in [1.807, 2.05) is 0 Å². The molecule has 3 aromatic heterocycles. The van der Waals surface area contributed by atoms with Gasteiger partial charge in [-0.15, -0.1) is 5.10 Å². The Labute approximate surface area is 113 Å². The first kappa shape index (κ1) is 12.0. The quantitative estimate of drug-likeness (QED) is 0.677. The molecular formula is C12H10N6O2. The van der Waals surface area contributed by atoms with Crippen LogP contribution in [0.2, 0.25) is 0 Å². The highest BCUT2D eigenvalue weighted by molar-refractivity contribution is 5.94. The first-order valence-corrected chi connectivity index (χ1v) is 5.70. The second-order valence-electron chi connectivity index (χ2n) is 3.93. The lowest BCUT2D eigenvalue weighted by Crippen LogP contribution is -2.11. The normalized spacial score (nSPS) is 10.7. The van der Waals surface area contributed by atoms with Crippen molar-refractivity contribution >= 4 is 17.6 Å². The molecule has 0 aliphatic carbocycles. The van der Waals surface area contributed by atoms with Gasteiger partial charge in [0.2, 0.25) is 0 Å². The lowest BCUT2D eigenvalue weighted by molar-refractivity contribution is 0.0601. The van der Waals surface area contributed by atoms with Gasteiger partial charge in [0.15, 0.2) is 5.82 Å². The van der Waals surface area contributed by atoms with Crippen LogP contribution in [-0.4, -0.2) is 37.6 Å². The number of anilines is 1. The van der Waals surface area contributed by atoms with Crippen LogP contribution in [0.15, 0.2) is 30.7 Å². The van der Waals surface area contributed by atoms with Gasteiger partial charge < -0.3 is 10.5 Å². The van der Waals surface area contributed by atoms with E-state index in [4.69, 9.17) is 5.73 Å². The van der Waals surface area contributed by atoms with Crippen molar-refractivity contribution in [3.05, 3.63) is 36.3 Å². The van der Waals surface area contributed by atoms with Gasteiger partial charge in [-0.3, -0.25) is 4.98 Å². The number of carbonyl (C=O) groups excluding carboxylic acids is 1. The number of hydrogen-bond acceptors (Lipinski definition) is 7. The number of nitrogen functional groups attached to an aromatic ring is 1. The maximum Gasteiger partial charge on any atom is 0.343 e. The van der Waals surface area contributed by atoms with E-state index in [0.29, 0.717) is 11.6 Å². The third-order valence-electron chi connectivity index (χ3n) is 2.75. The first-order chi connectivity index (χ1) is 9.70. The highest BCUT2D eigenvalue weighted by atomic mass is 16.5. The lowest BCUT2D eigenvalue weighted by Gasteiger charge is -2.03. The molecule has 8 heteroatoms. The second kappa shape index (κ2) is 4.57. The molecule has 0 aromatic carbocycles. The number of nitrogens with two attached hydrogens (primary N) is 1. The Kier molecular flexibility index (Phi) is 2.75. The average Bonchev–Trinajstić information content (AvgIpc) is 2.93. The van der Waals surface area contributed by atoms with Crippen LogP contribution in [0.4, 0.5) is 5.82 Å². The highest BCUT2D eigenvalue weighted by Gasteiger charge is 2.16. The molecule has 0 bridgehead atoms.